The van der Waals surface area contributed by atoms with Crippen LogP contribution in [0.25, 0.3) is 0 Å². The molecule has 1 saturated heterocycles. The molecule has 1 rings (SSSR count). The molecule has 0 spiro atoms. The predicted octanol–water partition coefficient (Wildman–Crippen LogP) is 0.312. The van der Waals surface area contributed by atoms with Crippen molar-refractivity contribution in [2.24, 2.45) is 16.8 Å². The molecule has 0 aromatic carbocycles. The molecule has 2 unspecified atom stereocenters. The van der Waals surface area contributed by atoms with Gasteiger partial charge in [-0.05, 0) is 33.4 Å². The third kappa shape index (κ3) is 3.35. The molecule has 1 amide bonds. The number of amidine groups is 1. The molecule has 104 valence electrons. The van der Waals surface area contributed by atoms with Crippen LogP contribution in [0, 0.1) is 5.92 Å². The summed E-state index contributed by atoms with van der Waals surface area (Å²) in [4.78, 5) is 16.5. The lowest BCUT2D eigenvalue weighted by molar-refractivity contribution is -0.135. The fraction of sp³-hybridized carbons (Fsp3) is 0.833. The van der Waals surface area contributed by atoms with Crippen LogP contribution in [-0.4, -0.2) is 59.5 Å². The van der Waals surface area contributed by atoms with Crippen molar-refractivity contribution in [1.82, 2.24) is 9.80 Å². The van der Waals surface area contributed by atoms with E-state index in [1.54, 1.807) is 0 Å². The second kappa shape index (κ2) is 6.58. The maximum absolute atomic E-state index is 12.4. The van der Waals surface area contributed by atoms with Gasteiger partial charge in [0.1, 0.15) is 0 Å². The molecule has 1 heterocycles. The summed E-state index contributed by atoms with van der Waals surface area (Å²) in [6, 6.07) is 0.158. The largest absolute Gasteiger partial charge is 0.409 e. The van der Waals surface area contributed by atoms with Crippen LogP contribution in [0.5, 0.6) is 0 Å². The lowest BCUT2D eigenvalue weighted by Gasteiger charge is -2.30. The van der Waals surface area contributed by atoms with Crippen molar-refractivity contribution in [2.45, 2.75) is 32.7 Å². The normalized spacial score (nSPS) is 24.7. The van der Waals surface area contributed by atoms with E-state index in [9.17, 15) is 4.79 Å². The van der Waals surface area contributed by atoms with Gasteiger partial charge in [0.2, 0.25) is 5.91 Å². The molecule has 6 nitrogen and oxygen atoms in total. The van der Waals surface area contributed by atoms with Crippen LogP contribution in [0.2, 0.25) is 0 Å². The van der Waals surface area contributed by atoms with Crippen LogP contribution in [-0.2, 0) is 4.79 Å². The smallest absolute Gasteiger partial charge is 0.233 e. The number of oxime groups is 1. The quantitative estimate of drug-likeness (QED) is 0.329. The van der Waals surface area contributed by atoms with E-state index in [-0.39, 0.29) is 17.8 Å². The van der Waals surface area contributed by atoms with Crippen LogP contribution in [0.4, 0.5) is 0 Å². The van der Waals surface area contributed by atoms with E-state index in [0.717, 1.165) is 26.1 Å². The zero-order valence-corrected chi connectivity index (χ0v) is 11.5. The number of nitrogens with zero attached hydrogens (tertiary/aromatic N) is 3. The van der Waals surface area contributed by atoms with Crippen LogP contribution in [0.15, 0.2) is 5.16 Å². The molecule has 3 N–H and O–H groups in total. The first-order valence-electron chi connectivity index (χ1n) is 6.47. The molecule has 1 fully saturated rings. The SMILES string of the molecule is CCC(C(=O)N1CCCN(C)CC1C)C(N)=NO. The van der Waals surface area contributed by atoms with E-state index >= 15 is 0 Å². The number of amides is 1. The molecule has 6 heteroatoms. The second-order valence-corrected chi connectivity index (χ2v) is 4.98. The minimum Gasteiger partial charge on any atom is -0.409 e. The van der Waals surface area contributed by atoms with Crippen molar-refractivity contribution in [3.63, 3.8) is 0 Å². The summed E-state index contributed by atoms with van der Waals surface area (Å²) in [6.07, 6.45) is 1.51. The lowest BCUT2D eigenvalue weighted by atomic mass is 10.0. The van der Waals surface area contributed by atoms with Gasteiger partial charge in [-0.25, -0.2) is 0 Å². The van der Waals surface area contributed by atoms with E-state index in [2.05, 4.69) is 17.1 Å². The highest BCUT2D eigenvalue weighted by molar-refractivity contribution is 6.02. The summed E-state index contributed by atoms with van der Waals surface area (Å²) < 4.78 is 0. The summed E-state index contributed by atoms with van der Waals surface area (Å²) in [6.45, 7) is 6.50. The van der Waals surface area contributed by atoms with E-state index in [4.69, 9.17) is 10.9 Å². The fourth-order valence-electron chi connectivity index (χ4n) is 2.48. The standard InChI is InChI=1S/C12H24N4O2/c1-4-10(11(13)14-18)12(17)16-7-5-6-15(3)8-9(16)2/h9-10,18H,4-8H2,1-3H3,(H2,13,14). The average Bonchev–Trinajstić information content (AvgIpc) is 2.50. The number of rotatable bonds is 3. The van der Waals surface area contributed by atoms with Crippen molar-refractivity contribution < 1.29 is 10.0 Å². The van der Waals surface area contributed by atoms with Crippen molar-refractivity contribution in [2.75, 3.05) is 26.7 Å². The Balaban J connectivity index is 2.80. The first-order valence-corrected chi connectivity index (χ1v) is 6.47. The van der Waals surface area contributed by atoms with Gasteiger partial charge >= 0.3 is 0 Å². The summed E-state index contributed by atoms with van der Waals surface area (Å²) in [5.74, 6) is -0.538. The van der Waals surface area contributed by atoms with Crippen molar-refractivity contribution >= 4 is 11.7 Å². The maximum atomic E-state index is 12.4. The molecule has 2 atom stereocenters. The Morgan fingerprint density at radius 1 is 1.56 bits per heavy atom. The van der Waals surface area contributed by atoms with Crippen molar-refractivity contribution in [1.29, 1.82) is 0 Å². The lowest BCUT2D eigenvalue weighted by Crippen LogP contribution is -2.47. The Morgan fingerprint density at radius 2 is 2.22 bits per heavy atom. The van der Waals surface area contributed by atoms with Gasteiger partial charge in [-0.2, -0.15) is 0 Å². The van der Waals surface area contributed by atoms with E-state index < -0.39 is 5.92 Å². The summed E-state index contributed by atoms with van der Waals surface area (Å²) in [5.41, 5.74) is 5.59. The first-order chi connectivity index (χ1) is 8.51. The minimum absolute atomic E-state index is 0.00676. The molecule has 0 aromatic heterocycles. The van der Waals surface area contributed by atoms with Crippen molar-refractivity contribution in [3.8, 4) is 0 Å². The molecular weight excluding hydrogens is 232 g/mol. The van der Waals surface area contributed by atoms with Crippen LogP contribution in [0.3, 0.4) is 0 Å². The van der Waals surface area contributed by atoms with Gasteiger partial charge in [0.15, 0.2) is 5.84 Å². The third-order valence-corrected chi connectivity index (χ3v) is 3.51. The number of hydrogen-bond donors (Lipinski definition) is 2. The van der Waals surface area contributed by atoms with Gasteiger partial charge in [0.25, 0.3) is 0 Å². The molecule has 0 aliphatic carbocycles. The zero-order valence-electron chi connectivity index (χ0n) is 11.5. The zero-order chi connectivity index (χ0) is 13.7. The van der Waals surface area contributed by atoms with Crippen LogP contribution >= 0.6 is 0 Å². The molecule has 0 radical (unpaired) electrons. The number of carbonyl (C=O) groups is 1. The molecule has 0 aromatic rings. The van der Waals surface area contributed by atoms with Crippen LogP contribution < -0.4 is 5.73 Å². The highest BCUT2D eigenvalue weighted by Crippen LogP contribution is 2.15. The number of likely N-dealkylation sites (N-methyl/N-ethyl adjacent to an activating group) is 1. The van der Waals surface area contributed by atoms with Gasteiger partial charge in [-0.1, -0.05) is 12.1 Å². The minimum atomic E-state index is -0.513. The van der Waals surface area contributed by atoms with Gasteiger partial charge in [-0.3, -0.25) is 4.79 Å². The van der Waals surface area contributed by atoms with Gasteiger partial charge < -0.3 is 20.7 Å². The topological polar surface area (TPSA) is 82.2 Å². The van der Waals surface area contributed by atoms with E-state index in [1.165, 1.54) is 0 Å². The first kappa shape index (κ1) is 14.8. The van der Waals surface area contributed by atoms with Gasteiger partial charge in [0.05, 0.1) is 5.92 Å². The van der Waals surface area contributed by atoms with Gasteiger partial charge in [-0.15, -0.1) is 0 Å². The number of hydrogen-bond acceptors (Lipinski definition) is 4. The Kier molecular flexibility index (Phi) is 5.40. The molecule has 0 bridgehead atoms. The highest BCUT2D eigenvalue weighted by Gasteiger charge is 2.30. The molecule has 18 heavy (non-hydrogen) atoms. The highest BCUT2D eigenvalue weighted by atomic mass is 16.4. The summed E-state index contributed by atoms with van der Waals surface area (Å²) in [7, 11) is 2.06. The average molecular weight is 256 g/mol. The Hall–Kier alpha value is -1.30. The Morgan fingerprint density at radius 3 is 2.78 bits per heavy atom. The second-order valence-electron chi connectivity index (χ2n) is 4.98. The fourth-order valence-corrected chi connectivity index (χ4v) is 2.48. The molecule has 1 aliphatic rings. The number of nitrogens with two attached hydrogens (primary N) is 1. The van der Waals surface area contributed by atoms with Crippen LogP contribution in [0.1, 0.15) is 26.7 Å². The maximum Gasteiger partial charge on any atom is 0.233 e. The number of carbonyl (C=O) groups excluding carboxylic acids is 1. The van der Waals surface area contributed by atoms with Gasteiger partial charge in [0, 0.05) is 19.1 Å². The molecule has 1 aliphatic heterocycles. The Labute approximate surface area is 108 Å². The monoisotopic (exact) mass is 256 g/mol. The van der Waals surface area contributed by atoms with Crippen molar-refractivity contribution in [3.05, 3.63) is 0 Å². The Bertz CT molecular complexity index is 319. The molecule has 0 saturated carbocycles. The summed E-state index contributed by atoms with van der Waals surface area (Å²) in [5, 5.41) is 11.7. The predicted molar refractivity (Wildman–Crippen MR) is 70.5 cm³/mol. The molecular formula is C12H24N4O2. The van der Waals surface area contributed by atoms with E-state index in [1.807, 2.05) is 18.7 Å². The third-order valence-electron chi connectivity index (χ3n) is 3.51. The van der Waals surface area contributed by atoms with E-state index in [0.29, 0.717) is 6.42 Å². The summed E-state index contributed by atoms with van der Waals surface area (Å²) >= 11 is 0.